The van der Waals surface area contributed by atoms with Gasteiger partial charge >= 0.3 is 0 Å². The highest BCUT2D eigenvalue weighted by molar-refractivity contribution is 6.10. The van der Waals surface area contributed by atoms with Gasteiger partial charge in [0.15, 0.2) is 17.5 Å². The summed E-state index contributed by atoms with van der Waals surface area (Å²) in [6, 6.07) is 65.9. The first kappa shape index (κ1) is 31.1. The lowest BCUT2D eigenvalue weighted by molar-refractivity contribution is 0.669. The molecule has 11 aromatic rings. The number of rotatable bonds is 5. The third-order valence-corrected chi connectivity index (χ3v) is 10.7. The van der Waals surface area contributed by atoms with E-state index in [1.807, 2.05) is 12.1 Å². The third-order valence-electron chi connectivity index (χ3n) is 10.7. The summed E-state index contributed by atoms with van der Waals surface area (Å²) in [5.74, 6) is 1.87. The van der Waals surface area contributed by atoms with Crippen molar-refractivity contribution in [2.45, 2.75) is 0 Å². The number of para-hydroxylation sites is 1. The molecule has 0 spiro atoms. The minimum atomic E-state index is 0.621. The molecule has 55 heavy (non-hydrogen) atoms. The fraction of sp³-hybridized carbons (Fsp3) is 0. The fourth-order valence-electron chi connectivity index (χ4n) is 7.94. The van der Waals surface area contributed by atoms with Crippen LogP contribution < -0.4 is 0 Å². The summed E-state index contributed by atoms with van der Waals surface area (Å²) >= 11 is 0. The molecule has 0 aliphatic carbocycles. The summed E-state index contributed by atoms with van der Waals surface area (Å²) in [7, 11) is 0. The van der Waals surface area contributed by atoms with Crippen molar-refractivity contribution >= 4 is 54.3 Å². The predicted octanol–water partition coefficient (Wildman–Crippen LogP) is 13.6. The number of nitrogens with zero attached hydrogens (tertiary/aromatic N) is 3. The average molecular weight is 702 g/mol. The molecule has 0 N–H and O–H groups in total. The van der Waals surface area contributed by atoms with Crippen molar-refractivity contribution in [1.82, 2.24) is 15.0 Å². The van der Waals surface area contributed by atoms with Crippen molar-refractivity contribution in [3.63, 3.8) is 0 Å². The Morgan fingerprint density at radius 1 is 0.273 bits per heavy atom. The van der Waals surface area contributed by atoms with Crippen molar-refractivity contribution in [2.75, 3.05) is 0 Å². The third kappa shape index (κ3) is 5.43. The van der Waals surface area contributed by atoms with Gasteiger partial charge in [-0.15, -0.1) is 0 Å². The van der Waals surface area contributed by atoms with E-state index in [0.717, 1.165) is 60.4 Å². The second-order valence-electron chi connectivity index (χ2n) is 14.0. The predicted molar refractivity (Wildman–Crippen MR) is 227 cm³/mol. The molecule has 0 unspecified atom stereocenters. The van der Waals surface area contributed by atoms with Crippen molar-refractivity contribution in [3.8, 4) is 56.4 Å². The van der Waals surface area contributed by atoms with Gasteiger partial charge < -0.3 is 4.42 Å². The largest absolute Gasteiger partial charge is 0.456 e. The molecule has 4 heteroatoms. The van der Waals surface area contributed by atoms with Gasteiger partial charge in [-0.3, -0.25) is 0 Å². The lowest BCUT2D eigenvalue weighted by Gasteiger charge is -2.12. The van der Waals surface area contributed by atoms with Crippen LogP contribution in [0.15, 0.2) is 192 Å². The summed E-state index contributed by atoms with van der Waals surface area (Å²) in [6.45, 7) is 0. The number of aromatic nitrogens is 3. The zero-order valence-electron chi connectivity index (χ0n) is 29.6. The van der Waals surface area contributed by atoms with Crippen LogP contribution in [0.25, 0.3) is 111 Å². The molecule has 256 valence electrons. The SMILES string of the molecule is c1ccc(-c2cccc3cc(-c4nc(-c5ccc(-c6cccc7ccccc67)cc5)nc(-c5ccc6cc7oc8ccccc8c7cc6c5)n4)ccc23)cc1. The monoisotopic (exact) mass is 701 g/mol. The number of fused-ring (bicyclic) bond motifs is 6. The van der Waals surface area contributed by atoms with Crippen LogP contribution in [-0.4, -0.2) is 15.0 Å². The Morgan fingerprint density at radius 3 is 1.60 bits per heavy atom. The van der Waals surface area contributed by atoms with Gasteiger partial charge in [-0.25, -0.2) is 15.0 Å². The van der Waals surface area contributed by atoms with Crippen LogP contribution in [0.5, 0.6) is 0 Å². The van der Waals surface area contributed by atoms with Crippen molar-refractivity contribution in [3.05, 3.63) is 188 Å². The summed E-state index contributed by atoms with van der Waals surface area (Å²) in [5.41, 5.74) is 9.27. The maximum atomic E-state index is 6.19. The minimum Gasteiger partial charge on any atom is -0.456 e. The van der Waals surface area contributed by atoms with Crippen LogP contribution >= 0.6 is 0 Å². The molecule has 0 aliphatic heterocycles. The van der Waals surface area contributed by atoms with Gasteiger partial charge in [0, 0.05) is 27.5 Å². The highest BCUT2D eigenvalue weighted by Crippen LogP contribution is 2.36. The Hall–Kier alpha value is -7.43. The van der Waals surface area contributed by atoms with E-state index in [4.69, 9.17) is 19.4 Å². The van der Waals surface area contributed by atoms with E-state index < -0.39 is 0 Å². The van der Waals surface area contributed by atoms with Crippen LogP contribution in [0.2, 0.25) is 0 Å². The standard InChI is InChI=1S/C51H31N3O/c1-2-10-32(11-3-1)42-18-9-14-37-28-39(26-27-44(37)42)51-53-49(35-22-20-34(21-23-35)43-17-8-13-33-12-4-5-15-41(33)43)52-50(54-51)38-25-24-36-31-48-46(30-40(36)29-38)45-16-6-7-19-47(45)55-48/h1-31H. The van der Waals surface area contributed by atoms with E-state index in [1.54, 1.807) is 0 Å². The van der Waals surface area contributed by atoms with Gasteiger partial charge in [-0.05, 0) is 84.9 Å². The number of hydrogen-bond acceptors (Lipinski definition) is 4. The molecule has 0 atom stereocenters. The first-order valence-electron chi connectivity index (χ1n) is 18.5. The maximum absolute atomic E-state index is 6.19. The van der Waals surface area contributed by atoms with Crippen LogP contribution in [-0.2, 0) is 0 Å². The van der Waals surface area contributed by atoms with Gasteiger partial charge in [-0.2, -0.15) is 0 Å². The van der Waals surface area contributed by atoms with E-state index in [1.165, 1.54) is 32.8 Å². The Kier molecular flexibility index (Phi) is 7.14. The molecule has 0 radical (unpaired) electrons. The van der Waals surface area contributed by atoms with Crippen LogP contribution in [0, 0.1) is 0 Å². The molecule has 0 fully saturated rings. The van der Waals surface area contributed by atoms with Gasteiger partial charge in [-0.1, -0.05) is 158 Å². The Labute approximate surface area is 317 Å². The first-order valence-corrected chi connectivity index (χ1v) is 18.5. The zero-order chi connectivity index (χ0) is 36.3. The Bertz CT molecular complexity index is 3250. The molecular weight excluding hydrogens is 671 g/mol. The van der Waals surface area contributed by atoms with Crippen LogP contribution in [0.1, 0.15) is 0 Å². The van der Waals surface area contributed by atoms with Crippen molar-refractivity contribution in [2.24, 2.45) is 0 Å². The van der Waals surface area contributed by atoms with E-state index in [9.17, 15) is 0 Å². The van der Waals surface area contributed by atoms with Crippen molar-refractivity contribution < 1.29 is 4.42 Å². The minimum absolute atomic E-state index is 0.621. The molecule has 0 bridgehead atoms. The summed E-state index contributed by atoms with van der Waals surface area (Å²) in [4.78, 5) is 15.4. The van der Waals surface area contributed by atoms with E-state index in [-0.39, 0.29) is 0 Å². The first-order chi connectivity index (χ1) is 27.2. The van der Waals surface area contributed by atoms with Crippen LogP contribution in [0.4, 0.5) is 0 Å². The van der Waals surface area contributed by atoms with E-state index in [2.05, 4.69) is 176 Å². The second kappa shape index (κ2) is 12.6. The number of hydrogen-bond donors (Lipinski definition) is 0. The number of benzene rings is 9. The molecule has 9 aromatic carbocycles. The smallest absolute Gasteiger partial charge is 0.164 e. The molecule has 4 nitrogen and oxygen atoms in total. The van der Waals surface area contributed by atoms with Gasteiger partial charge in [0.2, 0.25) is 0 Å². The average Bonchev–Trinajstić information content (AvgIpc) is 3.62. The number of furan rings is 1. The van der Waals surface area contributed by atoms with Gasteiger partial charge in [0.05, 0.1) is 0 Å². The summed E-state index contributed by atoms with van der Waals surface area (Å²) in [5, 5.41) is 9.15. The molecule has 11 rings (SSSR count). The second-order valence-corrected chi connectivity index (χ2v) is 14.0. The molecule has 2 aromatic heterocycles. The van der Waals surface area contributed by atoms with E-state index in [0.29, 0.717) is 17.5 Å². The molecule has 0 amide bonds. The van der Waals surface area contributed by atoms with E-state index >= 15 is 0 Å². The van der Waals surface area contributed by atoms with Gasteiger partial charge in [0.25, 0.3) is 0 Å². The molecule has 0 saturated heterocycles. The quantitative estimate of drug-likeness (QED) is 0.179. The topological polar surface area (TPSA) is 51.8 Å². The van der Waals surface area contributed by atoms with Crippen LogP contribution in [0.3, 0.4) is 0 Å². The van der Waals surface area contributed by atoms with Crippen molar-refractivity contribution in [1.29, 1.82) is 0 Å². The summed E-state index contributed by atoms with van der Waals surface area (Å²) in [6.07, 6.45) is 0. The molecule has 0 saturated carbocycles. The molecule has 2 heterocycles. The summed E-state index contributed by atoms with van der Waals surface area (Å²) < 4.78 is 6.19. The lowest BCUT2D eigenvalue weighted by Crippen LogP contribution is -2.00. The van der Waals surface area contributed by atoms with Gasteiger partial charge in [0.1, 0.15) is 11.2 Å². The Morgan fingerprint density at radius 2 is 0.818 bits per heavy atom. The molecular formula is C51H31N3O. The maximum Gasteiger partial charge on any atom is 0.164 e. The Balaban J connectivity index is 1.06. The highest BCUT2D eigenvalue weighted by Gasteiger charge is 2.16. The highest BCUT2D eigenvalue weighted by atomic mass is 16.3. The fourth-order valence-corrected chi connectivity index (χ4v) is 7.94. The normalized spacial score (nSPS) is 11.6. The zero-order valence-corrected chi connectivity index (χ0v) is 29.6. The lowest BCUT2D eigenvalue weighted by atomic mass is 9.97. The molecule has 0 aliphatic rings.